The van der Waals surface area contributed by atoms with Gasteiger partial charge in [0.05, 0.1) is 5.69 Å². The monoisotopic (exact) mass is 242 g/mol. The molecule has 2 heterocycles. The van der Waals surface area contributed by atoms with Crippen LogP contribution in [0, 0.1) is 0 Å². The molecule has 2 aromatic heterocycles. The van der Waals surface area contributed by atoms with Crippen LogP contribution in [0.4, 0.5) is 5.69 Å². The molecule has 6 nitrogen and oxygen atoms in total. The smallest absolute Gasteiger partial charge is 0.201 e. The maximum Gasteiger partial charge on any atom is 0.201 e. The van der Waals surface area contributed by atoms with Crippen molar-refractivity contribution in [1.82, 2.24) is 19.8 Å². The van der Waals surface area contributed by atoms with Crippen molar-refractivity contribution in [2.24, 2.45) is 5.73 Å². The number of hydrogen-bond donors (Lipinski definition) is 3. The van der Waals surface area contributed by atoms with E-state index in [0.29, 0.717) is 24.3 Å². The highest BCUT2D eigenvalue weighted by Gasteiger charge is 2.15. The molecule has 0 radical (unpaired) electrons. The zero-order valence-corrected chi connectivity index (χ0v) is 9.80. The number of nitrogens with one attached hydrogen (secondary N) is 1. The maximum absolute atomic E-state index is 6.09. The van der Waals surface area contributed by atoms with Gasteiger partial charge in [0, 0.05) is 12.0 Å². The zero-order chi connectivity index (χ0) is 12.5. The van der Waals surface area contributed by atoms with Gasteiger partial charge in [-0.1, -0.05) is 30.3 Å². The molecule has 0 unspecified atom stereocenters. The number of fused-ring (bicyclic) bond motifs is 1. The Balaban J connectivity index is 2.17. The third-order valence-electron chi connectivity index (χ3n) is 2.89. The molecule has 1 aromatic carbocycles. The van der Waals surface area contributed by atoms with Crippen LogP contribution in [0.5, 0.6) is 0 Å². The largest absolute Gasteiger partial charge is 0.394 e. The highest BCUT2D eigenvalue weighted by atomic mass is 15.4. The Kier molecular flexibility index (Phi) is 2.49. The summed E-state index contributed by atoms with van der Waals surface area (Å²) in [6, 6.07) is 9.90. The van der Waals surface area contributed by atoms with Crippen molar-refractivity contribution in [3.05, 3.63) is 36.2 Å². The Morgan fingerprint density at radius 1 is 1.17 bits per heavy atom. The molecule has 5 N–H and O–H groups in total. The Bertz CT molecular complexity index is 667. The number of nitrogens with two attached hydrogens (primary N) is 2. The summed E-state index contributed by atoms with van der Waals surface area (Å²) in [7, 11) is 0. The summed E-state index contributed by atoms with van der Waals surface area (Å²) in [6.45, 7) is 0.528. The second-order valence-corrected chi connectivity index (χ2v) is 4.08. The van der Waals surface area contributed by atoms with Gasteiger partial charge in [-0.05, 0) is 6.54 Å². The first-order chi connectivity index (χ1) is 8.81. The van der Waals surface area contributed by atoms with Crippen LogP contribution in [-0.2, 0) is 6.42 Å². The molecular weight excluding hydrogens is 228 g/mol. The van der Waals surface area contributed by atoms with Crippen molar-refractivity contribution in [2.75, 3.05) is 12.3 Å². The number of hydrogen-bond acceptors (Lipinski definition) is 4. The summed E-state index contributed by atoms with van der Waals surface area (Å²) < 4.78 is 1.80. The lowest BCUT2D eigenvalue weighted by atomic mass is 10.1. The van der Waals surface area contributed by atoms with E-state index in [9.17, 15) is 0 Å². The number of anilines is 1. The quantitative estimate of drug-likeness (QED) is 0.633. The fourth-order valence-corrected chi connectivity index (χ4v) is 2.01. The molecule has 0 atom stereocenters. The molecule has 0 saturated heterocycles. The van der Waals surface area contributed by atoms with E-state index < -0.39 is 0 Å². The predicted molar refractivity (Wildman–Crippen MR) is 69.9 cm³/mol. The number of rotatable bonds is 3. The van der Waals surface area contributed by atoms with Gasteiger partial charge in [-0.15, -0.1) is 10.2 Å². The van der Waals surface area contributed by atoms with Crippen molar-refractivity contribution < 1.29 is 0 Å². The number of nitrogen functional groups attached to an aromatic ring is 1. The van der Waals surface area contributed by atoms with Crippen LogP contribution in [0.3, 0.4) is 0 Å². The lowest BCUT2D eigenvalue weighted by molar-refractivity contribution is 0.800. The summed E-state index contributed by atoms with van der Waals surface area (Å²) in [5.41, 5.74) is 14.8. The normalized spacial score (nSPS) is 11.2. The van der Waals surface area contributed by atoms with Gasteiger partial charge in [-0.3, -0.25) is 5.10 Å². The van der Waals surface area contributed by atoms with E-state index in [1.165, 1.54) is 0 Å². The van der Waals surface area contributed by atoms with Gasteiger partial charge in [-0.2, -0.15) is 0 Å². The summed E-state index contributed by atoms with van der Waals surface area (Å²) in [5.74, 6) is 0.793. The van der Waals surface area contributed by atoms with Crippen LogP contribution < -0.4 is 11.5 Å². The van der Waals surface area contributed by atoms with E-state index in [2.05, 4.69) is 15.3 Å². The van der Waals surface area contributed by atoms with Crippen molar-refractivity contribution in [3.8, 4) is 11.3 Å². The molecule has 3 rings (SSSR count). The van der Waals surface area contributed by atoms with Gasteiger partial charge in [0.2, 0.25) is 5.65 Å². The van der Waals surface area contributed by atoms with Gasteiger partial charge < -0.3 is 11.5 Å². The molecule has 0 aliphatic heterocycles. The maximum atomic E-state index is 6.09. The molecule has 0 fully saturated rings. The van der Waals surface area contributed by atoms with Crippen LogP contribution in [0.25, 0.3) is 16.9 Å². The highest BCUT2D eigenvalue weighted by Crippen LogP contribution is 2.27. The van der Waals surface area contributed by atoms with Gasteiger partial charge >= 0.3 is 0 Å². The van der Waals surface area contributed by atoms with E-state index in [0.717, 1.165) is 17.1 Å². The SMILES string of the molecule is NCCc1nnc2c(N)c(-c3ccccc3)[nH]n12. The first-order valence-electron chi connectivity index (χ1n) is 5.78. The zero-order valence-electron chi connectivity index (χ0n) is 9.80. The van der Waals surface area contributed by atoms with Crippen LogP contribution in [0.15, 0.2) is 30.3 Å². The van der Waals surface area contributed by atoms with E-state index in [1.54, 1.807) is 4.52 Å². The summed E-state index contributed by atoms with van der Waals surface area (Å²) in [6.07, 6.45) is 0.662. The average molecular weight is 242 g/mol. The molecule has 0 spiro atoms. The Hall–Kier alpha value is -2.34. The van der Waals surface area contributed by atoms with Crippen molar-refractivity contribution in [3.63, 3.8) is 0 Å². The van der Waals surface area contributed by atoms with Gasteiger partial charge in [0.25, 0.3) is 0 Å². The van der Waals surface area contributed by atoms with E-state index in [-0.39, 0.29) is 0 Å². The van der Waals surface area contributed by atoms with E-state index >= 15 is 0 Å². The fourth-order valence-electron chi connectivity index (χ4n) is 2.01. The molecule has 6 heteroatoms. The number of benzene rings is 1. The number of aromatic nitrogens is 4. The molecular formula is C12H14N6. The molecule has 0 bridgehead atoms. The third-order valence-corrected chi connectivity index (χ3v) is 2.89. The Labute approximate surface area is 104 Å². The molecule has 0 aliphatic rings. The molecule has 0 aliphatic carbocycles. The first-order valence-corrected chi connectivity index (χ1v) is 5.78. The topological polar surface area (TPSA) is 98.0 Å². The van der Waals surface area contributed by atoms with Crippen molar-refractivity contribution in [2.45, 2.75) is 6.42 Å². The molecule has 0 saturated carbocycles. The van der Waals surface area contributed by atoms with Crippen molar-refractivity contribution >= 4 is 11.3 Å². The van der Waals surface area contributed by atoms with Crippen LogP contribution in [-0.4, -0.2) is 26.4 Å². The van der Waals surface area contributed by atoms with Crippen LogP contribution in [0.1, 0.15) is 5.82 Å². The standard InChI is InChI=1S/C12H14N6/c13-7-6-9-15-16-12-10(14)11(17-18(9)12)8-4-2-1-3-5-8/h1-5,17H,6-7,13-14H2. The number of H-pyrrole nitrogens is 1. The van der Waals surface area contributed by atoms with Gasteiger partial charge in [0.1, 0.15) is 5.69 Å². The van der Waals surface area contributed by atoms with Gasteiger partial charge in [0.15, 0.2) is 5.82 Å². The molecule has 92 valence electrons. The van der Waals surface area contributed by atoms with Crippen LogP contribution >= 0.6 is 0 Å². The number of aromatic amines is 1. The van der Waals surface area contributed by atoms with Crippen LogP contribution in [0.2, 0.25) is 0 Å². The first kappa shape index (κ1) is 10.8. The minimum Gasteiger partial charge on any atom is -0.394 e. The minimum atomic E-state index is 0.528. The highest BCUT2D eigenvalue weighted by molar-refractivity contribution is 5.82. The van der Waals surface area contributed by atoms with E-state index in [4.69, 9.17) is 11.5 Å². The Morgan fingerprint density at radius 3 is 2.67 bits per heavy atom. The lowest BCUT2D eigenvalue weighted by Gasteiger charge is -1.98. The summed E-state index contributed by atoms with van der Waals surface area (Å²) >= 11 is 0. The lowest BCUT2D eigenvalue weighted by Crippen LogP contribution is -2.06. The van der Waals surface area contributed by atoms with Gasteiger partial charge in [-0.25, -0.2) is 4.52 Å². The fraction of sp³-hybridized carbons (Fsp3) is 0.167. The second kappa shape index (κ2) is 4.15. The summed E-state index contributed by atoms with van der Waals surface area (Å²) in [4.78, 5) is 0. The van der Waals surface area contributed by atoms with Crippen molar-refractivity contribution in [1.29, 1.82) is 0 Å². The minimum absolute atomic E-state index is 0.528. The molecule has 0 amide bonds. The summed E-state index contributed by atoms with van der Waals surface area (Å²) in [5, 5.41) is 11.4. The van der Waals surface area contributed by atoms with E-state index in [1.807, 2.05) is 30.3 Å². The predicted octanol–water partition coefficient (Wildman–Crippen LogP) is 0.808. The molecule has 3 aromatic rings. The Morgan fingerprint density at radius 2 is 1.94 bits per heavy atom. The second-order valence-electron chi connectivity index (χ2n) is 4.08. The number of nitrogens with zero attached hydrogens (tertiary/aromatic N) is 3. The average Bonchev–Trinajstić information content (AvgIpc) is 2.93. The third kappa shape index (κ3) is 1.54. The molecule has 18 heavy (non-hydrogen) atoms.